The highest BCUT2D eigenvalue weighted by Crippen LogP contribution is 2.29. The molecule has 2 saturated heterocycles. The highest BCUT2D eigenvalue weighted by atomic mass is 16.6. The topological polar surface area (TPSA) is 90.2 Å². The first-order valence-corrected chi connectivity index (χ1v) is 7.12. The smallest absolute Gasteiger partial charge is 0.338 e. The van der Waals surface area contributed by atoms with Gasteiger partial charge in [0.1, 0.15) is 18.3 Å². The van der Waals surface area contributed by atoms with Crippen LogP contribution in [0, 0.1) is 0 Å². The predicted molar refractivity (Wildman–Crippen MR) is 73.6 cm³/mol. The van der Waals surface area contributed by atoms with E-state index in [1.807, 2.05) is 4.90 Å². The molecule has 114 valence electrons. The third kappa shape index (κ3) is 2.67. The van der Waals surface area contributed by atoms with Crippen LogP contribution in [0.25, 0.3) is 0 Å². The van der Waals surface area contributed by atoms with Gasteiger partial charge in [-0.05, 0) is 18.6 Å². The maximum Gasteiger partial charge on any atom is 0.338 e. The van der Waals surface area contributed by atoms with Gasteiger partial charge >= 0.3 is 5.97 Å². The lowest BCUT2D eigenvalue weighted by atomic mass is 9.93. The number of carbonyl (C=O) groups is 1. The molecule has 2 aliphatic rings. The molecule has 3 rings (SSSR count). The van der Waals surface area contributed by atoms with Gasteiger partial charge < -0.3 is 20.1 Å². The van der Waals surface area contributed by atoms with E-state index in [4.69, 9.17) is 4.74 Å². The van der Waals surface area contributed by atoms with E-state index in [2.05, 4.69) is 0 Å². The first kappa shape index (κ1) is 14.5. The van der Waals surface area contributed by atoms with Crippen LogP contribution in [0.5, 0.6) is 0 Å². The van der Waals surface area contributed by atoms with Gasteiger partial charge in [-0.2, -0.15) is 0 Å². The Morgan fingerprint density at radius 3 is 2.57 bits per heavy atom. The van der Waals surface area contributed by atoms with Crippen LogP contribution in [0.1, 0.15) is 16.8 Å². The van der Waals surface area contributed by atoms with Crippen molar-refractivity contribution in [1.29, 1.82) is 0 Å². The molecule has 0 saturated carbocycles. The van der Waals surface area contributed by atoms with Gasteiger partial charge in [-0.1, -0.05) is 18.2 Å². The lowest BCUT2D eigenvalue weighted by Gasteiger charge is -2.42. The van der Waals surface area contributed by atoms with E-state index in [-0.39, 0.29) is 0 Å². The zero-order chi connectivity index (χ0) is 15.0. The number of hydrogen-bond donors (Lipinski definition) is 3. The molecule has 6 nitrogen and oxygen atoms in total. The molecule has 6 heteroatoms. The Hall–Kier alpha value is -1.47. The van der Waals surface area contributed by atoms with Crippen molar-refractivity contribution in [1.82, 2.24) is 4.90 Å². The van der Waals surface area contributed by atoms with E-state index in [1.54, 1.807) is 30.3 Å². The van der Waals surface area contributed by atoms with Gasteiger partial charge in [0.25, 0.3) is 0 Å². The van der Waals surface area contributed by atoms with E-state index in [0.29, 0.717) is 25.1 Å². The molecule has 0 aromatic heterocycles. The Balaban J connectivity index is 1.70. The summed E-state index contributed by atoms with van der Waals surface area (Å²) in [4.78, 5) is 13.9. The van der Waals surface area contributed by atoms with Gasteiger partial charge in [-0.15, -0.1) is 0 Å². The summed E-state index contributed by atoms with van der Waals surface area (Å²) in [6.45, 7) is 0.938. The SMILES string of the molecule is O=C(O[C@H]1CN2CC[C@H](O)[C@@H]2[C@@H](O)[C@@H]1O)c1ccccc1. The maximum atomic E-state index is 12.0. The van der Waals surface area contributed by atoms with Gasteiger partial charge in [0.2, 0.25) is 0 Å². The van der Waals surface area contributed by atoms with Crippen LogP contribution in [0.3, 0.4) is 0 Å². The van der Waals surface area contributed by atoms with E-state index in [9.17, 15) is 20.1 Å². The molecule has 3 N–H and O–H groups in total. The highest BCUT2D eigenvalue weighted by Gasteiger charge is 2.49. The van der Waals surface area contributed by atoms with E-state index >= 15 is 0 Å². The van der Waals surface area contributed by atoms with Crippen molar-refractivity contribution in [3.8, 4) is 0 Å². The summed E-state index contributed by atoms with van der Waals surface area (Å²) >= 11 is 0. The zero-order valence-corrected chi connectivity index (χ0v) is 11.5. The van der Waals surface area contributed by atoms with E-state index in [1.165, 1.54) is 0 Å². The first-order valence-electron chi connectivity index (χ1n) is 7.12. The minimum Gasteiger partial charge on any atom is -0.455 e. The maximum absolute atomic E-state index is 12.0. The Morgan fingerprint density at radius 2 is 1.86 bits per heavy atom. The number of esters is 1. The van der Waals surface area contributed by atoms with Crippen LogP contribution < -0.4 is 0 Å². The second-order valence-corrected chi connectivity index (χ2v) is 5.63. The Labute approximate surface area is 122 Å². The second-order valence-electron chi connectivity index (χ2n) is 5.63. The molecule has 0 bridgehead atoms. The molecule has 0 aliphatic carbocycles. The first-order chi connectivity index (χ1) is 10.1. The van der Waals surface area contributed by atoms with Crippen LogP contribution in [-0.2, 0) is 4.74 Å². The Kier molecular flexibility index (Phi) is 3.95. The van der Waals surface area contributed by atoms with Gasteiger partial charge in [0.05, 0.1) is 17.7 Å². The summed E-state index contributed by atoms with van der Waals surface area (Å²) in [6, 6.07) is 8.05. The third-order valence-electron chi connectivity index (χ3n) is 4.29. The fourth-order valence-corrected chi connectivity index (χ4v) is 3.17. The minimum atomic E-state index is -1.19. The van der Waals surface area contributed by atoms with Crippen molar-refractivity contribution in [2.75, 3.05) is 13.1 Å². The van der Waals surface area contributed by atoms with Crippen molar-refractivity contribution in [2.24, 2.45) is 0 Å². The molecule has 0 amide bonds. The van der Waals surface area contributed by atoms with Crippen molar-refractivity contribution in [3.05, 3.63) is 35.9 Å². The summed E-state index contributed by atoms with van der Waals surface area (Å²) in [7, 11) is 0. The predicted octanol–water partition coefficient (Wildman–Crippen LogP) is -0.617. The van der Waals surface area contributed by atoms with Gasteiger partial charge in [-0.3, -0.25) is 4.90 Å². The number of nitrogens with zero attached hydrogens (tertiary/aromatic N) is 1. The number of aliphatic hydroxyl groups is 3. The number of benzene rings is 1. The van der Waals surface area contributed by atoms with Gasteiger partial charge in [0, 0.05) is 13.1 Å². The largest absolute Gasteiger partial charge is 0.455 e. The molecule has 5 atom stereocenters. The highest BCUT2D eigenvalue weighted by molar-refractivity contribution is 5.89. The molecule has 0 spiro atoms. The summed E-state index contributed by atoms with van der Waals surface area (Å²) in [6.07, 6.45) is -3.21. The normalized spacial score (nSPS) is 36.2. The molecule has 1 aromatic rings. The molecule has 2 heterocycles. The third-order valence-corrected chi connectivity index (χ3v) is 4.29. The molecule has 0 radical (unpaired) electrons. The van der Waals surface area contributed by atoms with Crippen molar-refractivity contribution < 1.29 is 24.9 Å². The second kappa shape index (κ2) is 5.73. The molecular formula is C15H19NO5. The van der Waals surface area contributed by atoms with Crippen molar-refractivity contribution >= 4 is 5.97 Å². The molecule has 2 fully saturated rings. The minimum absolute atomic E-state index is 0.318. The van der Waals surface area contributed by atoms with Gasteiger partial charge in [0.15, 0.2) is 0 Å². The molecular weight excluding hydrogens is 274 g/mol. The van der Waals surface area contributed by atoms with Crippen LogP contribution in [0.2, 0.25) is 0 Å². The number of piperidine rings is 1. The summed E-state index contributed by atoms with van der Waals surface area (Å²) < 4.78 is 5.33. The van der Waals surface area contributed by atoms with Crippen molar-refractivity contribution in [2.45, 2.75) is 36.9 Å². The van der Waals surface area contributed by atoms with Crippen molar-refractivity contribution in [3.63, 3.8) is 0 Å². The average Bonchev–Trinajstić information content (AvgIpc) is 2.86. The number of rotatable bonds is 2. The van der Waals surface area contributed by atoms with Crippen LogP contribution in [-0.4, -0.2) is 69.7 Å². The van der Waals surface area contributed by atoms with Crippen LogP contribution in [0.4, 0.5) is 0 Å². The number of hydrogen-bond acceptors (Lipinski definition) is 6. The summed E-state index contributed by atoms with van der Waals surface area (Å²) in [5.41, 5.74) is 0.405. The molecule has 1 aromatic carbocycles. The van der Waals surface area contributed by atoms with E-state index < -0.39 is 36.4 Å². The lowest BCUT2D eigenvalue weighted by Crippen LogP contribution is -2.62. The fraction of sp³-hybridized carbons (Fsp3) is 0.533. The monoisotopic (exact) mass is 293 g/mol. The van der Waals surface area contributed by atoms with Crippen LogP contribution in [0.15, 0.2) is 30.3 Å². The molecule has 2 aliphatic heterocycles. The fourth-order valence-electron chi connectivity index (χ4n) is 3.17. The molecule has 0 unspecified atom stereocenters. The Morgan fingerprint density at radius 1 is 1.14 bits per heavy atom. The van der Waals surface area contributed by atoms with Crippen LogP contribution >= 0.6 is 0 Å². The molecule has 21 heavy (non-hydrogen) atoms. The summed E-state index contributed by atoms with van der Waals surface area (Å²) in [5.74, 6) is -0.523. The standard InChI is InChI=1S/C15H19NO5/c17-10-6-7-16-8-11(13(18)14(19)12(10)16)21-15(20)9-4-2-1-3-5-9/h1-5,10-14,17-19H,6-8H2/t10-,11-,12+,13+,14+/m0/s1. The number of carbonyl (C=O) groups excluding carboxylic acids is 1. The number of ether oxygens (including phenoxy) is 1. The zero-order valence-electron chi connectivity index (χ0n) is 11.5. The lowest BCUT2D eigenvalue weighted by molar-refractivity contribution is -0.143. The number of aliphatic hydroxyl groups excluding tert-OH is 3. The van der Waals surface area contributed by atoms with E-state index in [0.717, 1.165) is 0 Å². The Bertz CT molecular complexity index is 508. The quantitative estimate of drug-likeness (QED) is 0.630. The summed E-state index contributed by atoms with van der Waals surface area (Å²) in [5, 5.41) is 30.1. The number of fused-ring (bicyclic) bond motifs is 1. The van der Waals surface area contributed by atoms with Gasteiger partial charge in [-0.25, -0.2) is 4.79 Å². The average molecular weight is 293 g/mol.